The lowest BCUT2D eigenvalue weighted by Crippen LogP contribution is -2.55. The van der Waals surface area contributed by atoms with E-state index in [2.05, 4.69) is 34.4 Å². The van der Waals surface area contributed by atoms with Gasteiger partial charge in [-0.2, -0.15) is 35.1 Å². The third-order valence-electron chi connectivity index (χ3n) is 27.5. The van der Waals surface area contributed by atoms with Gasteiger partial charge in [-0.05, 0) is 309 Å². The summed E-state index contributed by atoms with van der Waals surface area (Å²) in [5.41, 5.74) is -0.129. The number of halogens is 16. The Morgan fingerprint density at radius 2 is 0.600 bits per heavy atom. The first-order valence-electron chi connectivity index (χ1n) is 44.3. The molecule has 0 aliphatic carbocycles. The van der Waals surface area contributed by atoms with Crippen LogP contribution in [0.4, 0.5) is 93.0 Å². The van der Waals surface area contributed by atoms with Gasteiger partial charge in [0.2, 0.25) is 0 Å². The van der Waals surface area contributed by atoms with Crippen LogP contribution >= 0.6 is 0 Å². The molecule has 8 aliphatic heterocycles. The highest BCUT2D eigenvalue weighted by molar-refractivity contribution is 6.07. The molecule has 0 aromatic heterocycles. The fraction of sp³-hybridized carbons (Fsp3) is 0.420. The van der Waals surface area contributed by atoms with E-state index in [1.165, 1.54) is 93.3 Å². The molecular weight excluding hydrogens is 1790 g/mol. The molecule has 8 heterocycles. The molecule has 8 saturated heterocycles. The van der Waals surface area contributed by atoms with Crippen LogP contribution in [0.1, 0.15) is 203 Å². The van der Waals surface area contributed by atoms with E-state index in [1.54, 1.807) is 12.0 Å². The van der Waals surface area contributed by atoms with Crippen LogP contribution in [0, 0.1) is 85.1 Å². The number of methoxy groups -OCH3 is 1. The molecule has 8 aromatic rings. The predicted molar refractivity (Wildman–Crippen MR) is 473 cm³/mol. The fourth-order valence-electron chi connectivity index (χ4n) is 20.3. The molecule has 135 heavy (non-hydrogen) atoms. The van der Waals surface area contributed by atoms with Crippen molar-refractivity contribution in [2.75, 3.05) is 48.1 Å². The number of nitrogens with one attached hydrogen (secondary N) is 4. The predicted octanol–water partition coefficient (Wildman–Crippen LogP) is 19.8. The number of alkyl halides is 8. The number of allylic oxidation sites excluding steroid dienone is 2. The Kier molecular flexibility index (Phi) is 29.5. The highest BCUT2D eigenvalue weighted by atomic mass is 19.3. The Balaban J connectivity index is 0.000000152. The number of carbonyl (C=O) groups is 6. The number of fused-ring (bicyclic) bond motifs is 8. The summed E-state index contributed by atoms with van der Waals surface area (Å²) in [6.45, 7) is 16.9. The minimum atomic E-state index is -4.18. The topological polar surface area (TPSA) is 259 Å². The highest BCUT2D eigenvalue weighted by Gasteiger charge is 2.59. The largest absolute Gasteiger partial charge is 0.396 e. The molecule has 0 spiro atoms. The summed E-state index contributed by atoms with van der Waals surface area (Å²) in [6, 6.07) is 23.3. The minimum Gasteiger partial charge on any atom is -0.396 e. The van der Waals surface area contributed by atoms with Crippen LogP contribution < -0.4 is 27.0 Å². The smallest absolute Gasteiger partial charge is 0.352 e. The number of ether oxygens (including phenoxy) is 1. The van der Waals surface area contributed by atoms with Crippen molar-refractivity contribution in [3.63, 3.8) is 0 Å². The molecule has 9 atom stereocenters. The average molecular weight is 1900 g/mol. The molecule has 8 aromatic carbocycles. The second kappa shape index (κ2) is 39.6. The van der Waals surface area contributed by atoms with Crippen LogP contribution in [0.25, 0.3) is 0 Å². The van der Waals surface area contributed by atoms with Crippen molar-refractivity contribution in [2.24, 2.45) is 16.6 Å². The molecule has 8 aliphatic rings. The molecule has 722 valence electrons. The molecule has 8 fully saturated rings. The van der Waals surface area contributed by atoms with E-state index in [9.17, 15) is 79.2 Å². The number of nitrogens with zero attached hydrogens (tertiary/aromatic N) is 4. The van der Waals surface area contributed by atoms with Crippen LogP contribution in [0.2, 0.25) is 0 Å². The van der Waals surface area contributed by atoms with Gasteiger partial charge in [-0.25, -0.2) is 35.1 Å². The number of aliphatic hydroxyl groups excluding tert-OH is 2. The maximum absolute atomic E-state index is 15.6. The molecule has 16 rings (SSSR count). The SMILES string of the molecule is C=C(N1C2CCC1CC(O)(CN)C2)C(F)(F)c1cc(C(=O)Nc2ccc(F)c(C)c2)ccc1F.C=C(N1C2CC[C@@H]1CC(OC)C2)C(F)(F)c1cc(C(=O)Nc2ccc(F)c(C)c2)ccc1F.Cc1cc(NC(=O)c2ccc(F)c(C(F)(F)C(=O)N3C4CCC3CC(C)(CO)C4)c2)ccc1F.Cc1cc(NC(=O)c2ccc(F)c(C(F)(F)C(=O)N3C4CCC3CC(C)(CO)C4)c2)ccc1F. The number of anilines is 4. The number of aliphatic hydroxyl groups is 3. The monoisotopic (exact) mass is 1900 g/mol. The molecule has 8 bridgehead atoms. The molecule has 8 unspecified atom stereocenters. The van der Waals surface area contributed by atoms with Gasteiger partial charge in [0.1, 0.15) is 46.5 Å². The lowest BCUT2D eigenvalue weighted by Gasteiger charge is -2.46. The first kappa shape index (κ1) is 101. The van der Waals surface area contributed by atoms with Crippen molar-refractivity contribution >= 4 is 58.2 Å². The molecule has 0 saturated carbocycles. The second-order valence-corrected chi connectivity index (χ2v) is 37.3. The first-order chi connectivity index (χ1) is 63.5. The van der Waals surface area contributed by atoms with Gasteiger partial charge in [-0.1, -0.05) is 27.0 Å². The van der Waals surface area contributed by atoms with E-state index < -0.39 is 180 Å². The Morgan fingerprint density at radius 1 is 0.370 bits per heavy atom. The van der Waals surface area contributed by atoms with Crippen molar-refractivity contribution in [1.29, 1.82) is 0 Å². The summed E-state index contributed by atoms with van der Waals surface area (Å²) in [5, 5.41) is 39.9. The molecular formula is C100H105F16N9O10. The van der Waals surface area contributed by atoms with Gasteiger partial charge < -0.3 is 66.7 Å². The van der Waals surface area contributed by atoms with E-state index in [4.69, 9.17) is 10.5 Å². The number of nitrogens with two attached hydrogens (primary N) is 1. The number of hydrogen-bond donors (Lipinski definition) is 8. The number of benzene rings is 8. The van der Waals surface area contributed by atoms with Gasteiger partial charge in [0.15, 0.2) is 0 Å². The number of rotatable bonds is 22. The lowest BCUT2D eigenvalue weighted by molar-refractivity contribution is -0.167. The zero-order valence-corrected chi connectivity index (χ0v) is 75.0. The summed E-state index contributed by atoms with van der Waals surface area (Å²) >= 11 is 0. The van der Waals surface area contributed by atoms with Crippen molar-refractivity contribution in [1.82, 2.24) is 19.6 Å². The Labute approximate surface area is 769 Å². The van der Waals surface area contributed by atoms with E-state index in [0.717, 1.165) is 95.4 Å². The minimum absolute atomic E-state index is 0.0130. The van der Waals surface area contributed by atoms with Gasteiger partial charge in [0, 0.05) is 120 Å². The molecule has 35 heteroatoms. The Morgan fingerprint density at radius 3 is 0.837 bits per heavy atom. The number of amides is 6. The van der Waals surface area contributed by atoms with Gasteiger partial charge in [0.05, 0.1) is 45.4 Å². The quantitative estimate of drug-likeness (QED) is 0.0294. The van der Waals surface area contributed by atoms with Crippen molar-refractivity contribution in [3.05, 3.63) is 283 Å². The first-order valence-corrected chi connectivity index (χ1v) is 44.3. The highest BCUT2D eigenvalue weighted by Crippen LogP contribution is 2.53. The van der Waals surface area contributed by atoms with E-state index in [-0.39, 0.29) is 113 Å². The maximum atomic E-state index is 15.6. The fourth-order valence-corrected chi connectivity index (χ4v) is 20.3. The van der Waals surface area contributed by atoms with Crippen LogP contribution in [-0.2, 0) is 38.0 Å². The summed E-state index contributed by atoms with van der Waals surface area (Å²) < 4.78 is 241. The van der Waals surface area contributed by atoms with E-state index in [1.807, 2.05) is 13.8 Å². The number of piperidine rings is 4. The van der Waals surface area contributed by atoms with E-state index in [0.29, 0.717) is 106 Å². The normalized spacial score (nSPS) is 23.8. The molecule has 0 radical (unpaired) electrons. The Bertz CT molecular complexity index is 5430. The lowest BCUT2D eigenvalue weighted by atomic mass is 9.77. The van der Waals surface area contributed by atoms with Crippen LogP contribution in [-0.4, -0.2) is 157 Å². The molecule has 6 amide bonds. The molecule has 9 N–H and O–H groups in total. The van der Waals surface area contributed by atoms with Crippen LogP contribution in [0.5, 0.6) is 0 Å². The van der Waals surface area contributed by atoms with E-state index >= 15 is 35.1 Å². The van der Waals surface area contributed by atoms with Crippen molar-refractivity contribution in [3.8, 4) is 0 Å². The summed E-state index contributed by atoms with van der Waals surface area (Å²) in [4.78, 5) is 81.8. The average Bonchev–Trinajstić information content (AvgIpc) is 1.67. The number of aryl methyl sites for hydroxylation is 4. The molecule has 19 nitrogen and oxygen atoms in total. The standard InChI is InChI=1S/C25H27F4N3O2.2C25H26F4N2O3.C25H26F4N2O2/c1-14-9-17(4-8-21(14)26)31-23(33)16-3-7-22(27)20(10-16)25(28,29)15(2)32-18-5-6-19(32)12-24(34,11-18)13-30;2*1-14-9-16(4-8-20(14)26)30-22(33)15-3-7-21(27)19(10-15)25(28,29)23(34)31-17-5-6-18(31)12-24(2,11-17)13-32;1-14-10-17(5-9-22(14)26)30-24(32)16-4-8-23(27)21(11-16)25(28,29)15(2)31-18-6-7-19(31)13-20(12-18)33-3/h3-4,7-10,18-19,34H,2,5-6,11-13,30H2,1H3,(H,31,33);2*3-4,7-10,17-18,32H,5-6,11-13H2,1-2H3,(H,30,33);4-5,8-11,18-20H,2,6-7,12-13H2,1,3H3,(H,30,32)/t;;;18-,19?,20?/m...1/s1. The van der Waals surface area contributed by atoms with Gasteiger partial charge in [-0.15, -0.1) is 0 Å². The zero-order chi connectivity index (χ0) is 98.4. The maximum Gasteiger partial charge on any atom is 0.352 e. The summed E-state index contributed by atoms with van der Waals surface area (Å²) in [7, 11) is 1.61. The van der Waals surface area contributed by atoms with Crippen LogP contribution in [0.15, 0.2) is 170 Å². The zero-order valence-electron chi connectivity index (χ0n) is 75.0. The third-order valence-corrected chi connectivity index (χ3v) is 27.5. The van der Waals surface area contributed by atoms with Crippen molar-refractivity contribution < 1.29 is 119 Å². The third kappa shape index (κ3) is 21.2. The number of carbonyl (C=O) groups excluding carboxylic acids is 6. The summed E-state index contributed by atoms with van der Waals surface area (Å²) in [5.74, 6) is -28.6. The van der Waals surface area contributed by atoms with Crippen molar-refractivity contribution in [2.45, 2.75) is 228 Å². The van der Waals surface area contributed by atoms with Gasteiger partial charge in [-0.3, -0.25) is 28.8 Å². The summed E-state index contributed by atoms with van der Waals surface area (Å²) in [6.07, 6.45) is 8.17. The Hall–Kier alpha value is -11.7. The van der Waals surface area contributed by atoms with Gasteiger partial charge >= 0.3 is 23.7 Å². The van der Waals surface area contributed by atoms with Crippen LogP contribution in [0.3, 0.4) is 0 Å². The number of hydrogen-bond acceptors (Lipinski definition) is 13. The second-order valence-electron chi connectivity index (χ2n) is 37.3. The van der Waals surface area contributed by atoms with Gasteiger partial charge in [0.25, 0.3) is 35.4 Å².